The molecule has 16 heavy (non-hydrogen) atoms. The second kappa shape index (κ2) is 4.49. The molecule has 0 fully saturated rings. The second-order valence-electron chi connectivity index (χ2n) is 3.99. The van der Waals surface area contributed by atoms with E-state index < -0.39 is 0 Å². The van der Waals surface area contributed by atoms with Crippen molar-refractivity contribution in [2.24, 2.45) is 5.73 Å². The summed E-state index contributed by atoms with van der Waals surface area (Å²) < 4.78 is 2.07. The van der Waals surface area contributed by atoms with Gasteiger partial charge < -0.3 is 10.3 Å². The number of imidazole rings is 1. The fourth-order valence-electron chi connectivity index (χ4n) is 1.82. The number of nitrogens with zero attached hydrogens (tertiary/aromatic N) is 2. The summed E-state index contributed by atoms with van der Waals surface area (Å²) in [4.78, 5) is 4.19. The number of hydrogen-bond donors (Lipinski definition) is 1. The third kappa shape index (κ3) is 1.86. The molecule has 2 aromatic rings. The van der Waals surface area contributed by atoms with Crippen LogP contribution < -0.4 is 5.73 Å². The van der Waals surface area contributed by atoms with Gasteiger partial charge in [0.25, 0.3) is 0 Å². The Morgan fingerprint density at radius 1 is 1.38 bits per heavy atom. The van der Waals surface area contributed by atoms with Gasteiger partial charge in [0.2, 0.25) is 0 Å². The average molecular weight is 215 g/mol. The van der Waals surface area contributed by atoms with Gasteiger partial charge in [-0.3, -0.25) is 0 Å². The van der Waals surface area contributed by atoms with Gasteiger partial charge in [0.15, 0.2) is 0 Å². The lowest BCUT2D eigenvalue weighted by atomic mass is 10.1. The molecule has 1 aromatic carbocycles. The molecule has 1 aromatic heterocycles. The smallest absolute Gasteiger partial charge is 0.0994 e. The summed E-state index contributed by atoms with van der Waals surface area (Å²) in [7, 11) is 0. The maximum Gasteiger partial charge on any atom is 0.0994 e. The van der Waals surface area contributed by atoms with E-state index in [0.717, 1.165) is 17.8 Å². The van der Waals surface area contributed by atoms with Crippen molar-refractivity contribution in [1.82, 2.24) is 9.55 Å². The van der Waals surface area contributed by atoms with Crippen molar-refractivity contribution in [3.8, 4) is 5.69 Å². The largest absolute Gasteiger partial charge is 0.323 e. The molecule has 2 rings (SSSR count). The zero-order chi connectivity index (χ0) is 11.5. The van der Waals surface area contributed by atoms with Crippen molar-refractivity contribution in [1.29, 1.82) is 0 Å². The van der Waals surface area contributed by atoms with Gasteiger partial charge in [0.05, 0.1) is 18.2 Å². The first kappa shape index (κ1) is 10.9. The van der Waals surface area contributed by atoms with Crippen molar-refractivity contribution >= 4 is 0 Å². The van der Waals surface area contributed by atoms with E-state index in [1.807, 2.05) is 24.7 Å². The van der Waals surface area contributed by atoms with Gasteiger partial charge in [-0.2, -0.15) is 0 Å². The first-order chi connectivity index (χ1) is 7.74. The quantitative estimate of drug-likeness (QED) is 0.855. The highest BCUT2D eigenvalue weighted by atomic mass is 15.1. The third-order valence-electron chi connectivity index (χ3n) is 2.86. The number of nitrogens with two attached hydrogens (primary N) is 1. The Hall–Kier alpha value is -1.61. The molecular formula is C13H17N3. The Morgan fingerprint density at radius 3 is 2.81 bits per heavy atom. The zero-order valence-corrected chi connectivity index (χ0v) is 9.72. The van der Waals surface area contributed by atoms with Crippen molar-refractivity contribution in [3.05, 3.63) is 48.0 Å². The first-order valence-corrected chi connectivity index (χ1v) is 5.58. The molecule has 0 unspecified atom stereocenters. The standard InChI is InChI=1S/C13H17N3/c1-3-11(14)13-8-15-9-16(13)12-7-5-4-6-10(12)2/h4-9,11H,3,14H2,1-2H3/t11-/m1/s1. The van der Waals surface area contributed by atoms with Crippen molar-refractivity contribution in [3.63, 3.8) is 0 Å². The lowest BCUT2D eigenvalue weighted by Crippen LogP contribution is -2.13. The molecule has 0 amide bonds. The predicted octanol–water partition coefficient (Wildman–Crippen LogP) is 2.59. The van der Waals surface area contributed by atoms with Gasteiger partial charge in [0.1, 0.15) is 0 Å². The van der Waals surface area contributed by atoms with E-state index in [9.17, 15) is 0 Å². The summed E-state index contributed by atoms with van der Waals surface area (Å²) in [5.74, 6) is 0. The molecule has 0 saturated carbocycles. The van der Waals surface area contributed by atoms with Crippen LogP contribution in [0.15, 0.2) is 36.8 Å². The van der Waals surface area contributed by atoms with Crippen LogP contribution in [0.1, 0.15) is 30.6 Å². The van der Waals surface area contributed by atoms with E-state index in [2.05, 4.69) is 35.5 Å². The van der Waals surface area contributed by atoms with Crippen molar-refractivity contribution < 1.29 is 0 Å². The molecule has 0 radical (unpaired) electrons. The lowest BCUT2D eigenvalue weighted by molar-refractivity contribution is 0.659. The molecule has 0 aliphatic carbocycles. The summed E-state index contributed by atoms with van der Waals surface area (Å²) in [5.41, 5.74) is 9.51. The minimum absolute atomic E-state index is 0.0436. The lowest BCUT2D eigenvalue weighted by Gasteiger charge is -2.14. The SMILES string of the molecule is CC[C@@H](N)c1cncn1-c1ccccc1C. The number of aryl methyl sites for hydroxylation is 1. The van der Waals surface area contributed by atoms with Gasteiger partial charge >= 0.3 is 0 Å². The molecule has 84 valence electrons. The third-order valence-corrected chi connectivity index (χ3v) is 2.86. The van der Waals surface area contributed by atoms with Crippen molar-refractivity contribution in [2.75, 3.05) is 0 Å². The molecule has 2 N–H and O–H groups in total. The average Bonchev–Trinajstić information content (AvgIpc) is 2.77. The van der Waals surface area contributed by atoms with Crippen LogP contribution in [0.5, 0.6) is 0 Å². The Balaban J connectivity index is 2.49. The number of hydrogen-bond acceptors (Lipinski definition) is 2. The summed E-state index contributed by atoms with van der Waals surface area (Å²) in [6, 6.07) is 8.29. The summed E-state index contributed by atoms with van der Waals surface area (Å²) in [6.07, 6.45) is 4.59. The van der Waals surface area contributed by atoms with Crippen molar-refractivity contribution in [2.45, 2.75) is 26.3 Å². The summed E-state index contributed by atoms with van der Waals surface area (Å²) in [5, 5.41) is 0. The number of aromatic nitrogens is 2. The molecule has 0 aliphatic heterocycles. The molecule has 0 saturated heterocycles. The van der Waals surface area contributed by atoms with Gasteiger partial charge in [-0.1, -0.05) is 25.1 Å². The van der Waals surface area contributed by atoms with Crippen LogP contribution in [-0.2, 0) is 0 Å². The molecule has 3 heteroatoms. The molecule has 1 heterocycles. The molecule has 0 bridgehead atoms. The monoisotopic (exact) mass is 215 g/mol. The summed E-state index contributed by atoms with van der Waals surface area (Å²) >= 11 is 0. The highest BCUT2D eigenvalue weighted by Crippen LogP contribution is 2.20. The van der Waals surface area contributed by atoms with E-state index in [1.54, 1.807) is 0 Å². The van der Waals surface area contributed by atoms with Crippen LogP contribution in [0.25, 0.3) is 5.69 Å². The predicted molar refractivity (Wildman–Crippen MR) is 65.5 cm³/mol. The topological polar surface area (TPSA) is 43.8 Å². The van der Waals surface area contributed by atoms with Crippen LogP contribution in [0, 0.1) is 6.92 Å². The summed E-state index contributed by atoms with van der Waals surface area (Å²) in [6.45, 7) is 4.18. The minimum atomic E-state index is 0.0436. The van der Waals surface area contributed by atoms with E-state index in [0.29, 0.717) is 0 Å². The Morgan fingerprint density at radius 2 is 2.12 bits per heavy atom. The van der Waals surface area contributed by atoms with Crippen LogP contribution in [0.4, 0.5) is 0 Å². The van der Waals surface area contributed by atoms with E-state index >= 15 is 0 Å². The van der Waals surface area contributed by atoms with Gasteiger partial charge in [-0.25, -0.2) is 4.98 Å². The molecule has 3 nitrogen and oxygen atoms in total. The highest BCUT2D eigenvalue weighted by molar-refractivity contribution is 5.41. The Kier molecular flexibility index (Phi) is 3.06. The Labute approximate surface area is 95.9 Å². The highest BCUT2D eigenvalue weighted by Gasteiger charge is 2.11. The van der Waals surface area contributed by atoms with E-state index in [1.165, 1.54) is 5.56 Å². The van der Waals surface area contributed by atoms with Crippen LogP contribution in [-0.4, -0.2) is 9.55 Å². The van der Waals surface area contributed by atoms with E-state index in [-0.39, 0.29) is 6.04 Å². The van der Waals surface area contributed by atoms with Gasteiger partial charge in [-0.05, 0) is 25.0 Å². The molecule has 0 spiro atoms. The van der Waals surface area contributed by atoms with Crippen LogP contribution >= 0.6 is 0 Å². The zero-order valence-electron chi connectivity index (χ0n) is 9.72. The molecule has 1 atom stereocenters. The maximum atomic E-state index is 6.07. The van der Waals surface area contributed by atoms with E-state index in [4.69, 9.17) is 5.73 Å². The number of rotatable bonds is 3. The fourth-order valence-corrected chi connectivity index (χ4v) is 1.82. The van der Waals surface area contributed by atoms with Gasteiger partial charge in [0, 0.05) is 11.7 Å². The molecule has 0 aliphatic rings. The number of benzene rings is 1. The normalized spacial score (nSPS) is 12.7. The maximum absolute atomic E-state index is 6.07. The van der Waals surface area contributed by atoms with Gasteiger partial charge in [-0.15, -0.1) is 0 Å². The minimum Gasteiger partial charge on any atom is -0.323 e. The number of para-hydroxylation sites is 1. The van der Waals surface area contributed by atoms with Crippen LogP contribution in [0.2, 0.25) is 0 Å². The second-order valence-corrected chi connectivity index (χ2v) is 3.99. The first-order valence-electron chi connectivity index (χ1n) is 5.58. The fraction of sp³-hybridized carbons (Fsp3) is 0.308. The Bertz CT molecular complexity index is 474. The molecular weight excluding hydrogens is 198 g/mol. The van der Waals surface area contributed by atoms with Crippen LogP contribution in [0.3, 0.4) is 0 Å².